The molecular weight excluding hydrogens is 166 g/mol. The van der Waals surface area contributed by atoms with E-state index in [0.717, 1.165) is 5.92 Å². The average Bonchev–Trinajstić information content (AvgIpc) is 2.84. The Balaban J connectivity index is 2.07. The Bertz CT molecular complexity index is 302. The molecule has 1 aromatic rings. The molecule has 1 unspecified atom stereocenters. The van der Waals surface area contributed by atoms with Gasteiger partial charge in [-0.25, -0.2) is 0 Å². The first-order valence-electron chi connectivity index (χ1n) is 4.57. The molecule has 1 atom stereocenters. The maximum atomic E-state index is 10.1. The first kappa shape index (κ1) is 8.35. The summed E-state index contributed by atoms with van der Waals surface area (Å²) < 4.78 is 6.74. The minimum absolute atomic E-state index is 0.190. The van der Waals surface area contributed by atoms with Gasteiger partial charge in [-0.15, -0.1) is 0 Å². The van der Waals surface area contributed by atoms with Crippen molar-refractivity contribution in [2.75, 3.05) is 0 Å². The van der Waals surface area contributed by atoms with Crippen LogP contribution in [0.5, 0.6) is 0 Å². The van der Waals surface area contributed by atoms with Crippen molar-refractivity contribution in [2.45, 2.75) is 31.9 Å². The highest BCUT2D eigenvalue weighted by molar-refractivity contribution is 5.37. The highest BCUT2D eigenvalue weighted by Crippen LogP contribution is 2.40. The number of aromatic nitrogens is 1. The largest absolute Gasteiger partial charge is 0.444 e. The van der Waals surface area contributed by atoms with Crippen LogP contribution in [0.1, 0.15) is 37.5 Å². The van der Waals surface area contributed by atoms with E-state index >= 15 is 0 Å². The normalized spacial score (nSPS) is 18.2. The second kappa shape index (κ2) is 3.24. The summed E-state index contributed by atoms with van der Waals surface area (Å²) in [4.78, 5) is 10.1. The molecule has 0 amide bonds. The van der Waals surface area contributed by atoms with Gasteiger partial charge in [-0.2, -0.15) is 0 Å². The standard InChI is InChI=1S/C10H13NO2/c1-8(13-7-12)11-5-4-10(6-11)9-2-3-9/h4-9H,2-3H2,1H3. The van der Waals surface area contributed by atoms with Gasteiger partial charge in [-0.3, -0.25) is 4.79 Å². The average molecular weight is 179 g/mol. The predicted octanol–water partition coefficient (Wildman–Crippen LogP) is 2.06. The van der Waals surface area contributed by atoms with E-state index in [1.54, 1.807) is 0 Å². The summed E-state index contributed by atoms with van der Waals surface area (Å²) >= 11 is 0. The van der Waals surface area contributed by atoms with E-state index in [2.05, 4.69) is 12.3 Å². The molecule has 3 nitrogen and oxygen atoms in total. The maximum absolute atomic E-state index is 10.1. The third kappa shape index (κ3) is 1.74. The number of nitrogens with zero attached hydrogens (tertiary/aromatic N) is 1. The second-order valence-corrected chi connectivity index (χ2v) is 3.50. The van der Waals surface area contributed by atoms with Crippen LogP contribution in [-0.2, 0) is 9.53 Å². The summed E-state index contributed by atoms with van der Waals surface area (Å²) in [6.45, 7) is 2.34. The summed E-state index contributed by atoms with van der Waals surface area (Å²) in [6.07, 6.45) is 6.43. The Morgan fingerprint density at radius 3 is 3.08 bits per heavy atom. The van der Waals surface area contributed by atoms with Crippen LogP contribution in [0.2, 0.25) is 0 Å². The lowest BCUT2D eigenvalue weighted by Gasteiger charge is -2.10. The van der Waals surface area contributed by atoms with Gasteiger partial charge in [0.15, 0.2) is 6.23 Å². The molecular formula is C10H13NO2. The molecule has 1 aliphatic carbocycles. The van der Waals surface area contributed by atoms with Crippen LogP contribution in [0.3, 0.4) is 0 Å². The summed E-state index contributed by atoms with van der Waals surface area (Å²) in [5, 5.41) is 0. The lowest BCUT2D eigenvalue weighted by Crippen LogP contribution is -2.05. The zero-order chi connectivity index (χ0) is 9.26. The van der Waals surface area contributed by atoms with E-state index < -0.39 is 0 Å². The lowest BCUT2D eigenvalue weighted by molar-refractivity contribution is -0.136. The SMILES string of the molecule is CC(OC=O)n1ccc(C2CC2)c1. The van der Waals surface area contributed by atoms with Crippen molar-refractivity contribution in [3.05, 3.63) is 24.0 Å². The quantitative estimate of drug-likeness (QED) is 0.662. The molecule has 0 aromatic carbocycles. The molecule has 0 bridgehead atoms. The summed E-state index contributed by atoms with van der Waals surface area (Å²) in [7, 11) is 0. The Hall–Kier alpha value is -1.25. The molecule has 1 heterocycles. The zero-order valence-electron chi connectivity index (χ0n) is 7.64. The monoisotopic (exact) mass is 179 g/mol. The van der Waals surface area contributed by atoms with Crippen LogP contribution in [0, 0.1) is 0 Å². The highest BCUT2D eigenvalue weighted by atomic mass is 16.5. The van der Waals surface area contributed by atoms with Gasteiger partial charge >= 0.3 is 0 Å². The van der Waals surface area contributed by atoms with Gasteiger partial charge in [0, 0.05) is 12.4 Å². The Morgan fingerprint density at radius 2 is 2.46 bits per heavy atom. The second-order valence-electron chi connectivity index (χ2n) is 3.50. The van der Waals surface area contributed by atoms with Crippen LogP contribution in [0.25, 0.3) is 0 Å². The molecule has 3 heteroatoms. The molecule has 0 radical (unpaired) electrons. The van der Waals surface area contributed by atoms with E-state index in [1.165, 1.54) is 18.4 Å². The van der Waals surface area contributed by atoms with E-state index in [1.807, 2.05) is 17.7 Å². The molecule has 13 heavy (non-hydrogen) atoms. The topological polar surface area (TPSA) is 31.2 Å². The van der Waals surface area contributed by atoms with Crippen molar-refractivity contribution in [3.8, 4) is 0 Å². The predicted molar refractivity (Wildman–Crippen MR) is 48.3 cm³/mol. The van der Waals surface area contributed by atoms with Crippen molar-refractivity contribution >= 4 is 6.47 Å². The molecule has 0 N–H and O–H groups in total. The molecule has 0 saturated heterocycles. The first-order valence-corrected chi connectivity index (χ1v) is 4.57. The van der Waals surface area contributed by atoms with E-state index in [9.17, 15) is 4.79 Å². The molecule has 1 fully saturated rings. The molecule has 0 aliphatic heterocycles. The smallest absolute Gasteiger partial charge is 0.295 e. The Labute approximate surface area is 77.3 Å². The molecule has 2 rings (SSSR count). The summed E-state index contributed by atoms with van der Waals surface area (Å²) in [5.74, 6) is 0.754. The van der Waals surface area contributed by atoms with E-state index in [0.29, 0.717) is 6.47 Å². The third-order valence-corrected chi connectivity index (χ3v) is 2.46. The maximum Gasteiger partial charge on any atom is 0.295 e. The van der Waals surface area contributed by atoms with Gasteiger partial charge in [-0.1, -0.05) is 0 Å². The fourth-order valence-electron chi connectivity index (χ4n) is 1.47. The van der Waals surface area contributed by atoms with Crippen molar-refractivity contribution in [1.29, 1.82) is 0 Å². The van der Waals surface area contributed by atoms with Gasteiger partial charge in [0.1, 0.15) is 0 Å². The molecule has 0 spiro atoms. The van der Waals surface area contributed by atoms with Crippen molar-refractivity contribution in [3.63, 3.8) is 0 Å². The van der Waals surface area contributed by atoms with Crippen molar-refractivity contribution in [1.82, 2.24) is 4.57 Å². The Kier molecular flexibility index (Phi) is 2.08. The van der Waals surface area contributed by atoms with Gasteiger partial charge in [0.25, 0.3) is 6.47 Å². The number of hydrogen-bond acceptors (Lipinski definition) is 2. The van der Waals surface area contributed by atoms with Crippen LogP contribution < -0.4 is 0 Å². The van der Waals surface area contributed by atoms with Crippen LogP contribution in [0.15, 0.2) is 18.5 Å². The number of carbonyl (C=O) groups excluding carboxylic acids is 1. The van der Waals surface area contributed by atoms with Crippen molar-refractivity contribution in [2.24, 2.45) is 0 Å². The minimum Gasteiger partial charge on any atom is -0.444 e. The number of rotatable bonds is 4. The number of carbonyl (C=O) groups is 1. The number of hydrogen-bond donors (Lipinski definition) is 0. The number of ether oxygens (including phenoxy) is 1. The van der Waals surface area contributed by atoms with Crippen LogP contribution in [0.4, 0.5) is 0 Å². The summed E-state index contributed by atoms with van der Waals surface area (Å²) in [6, 6.07) is 2.10. The molecule has 1 aromatic heterocycles. The van der Waals surface area contributed by atoms with Gasteiger partial charge in [0.05, 0.1) is 0 Å². The van der Waals surface area contributed by atoms with Crippen LogP contribution in [-0.4, -0.2) is 11.0 Å². The fourth-order valence-corrected chi connectivity index (χ4v) is 1.47. The minimum atomic E-state index is -0.190. The van der Waals surface area contributed by atoms with Crippen molar-refractivity contribution < 1.29 is 9.53 Å². The van der Waals surface area contributed by atoms with Crippen LogP contribution >= 0.6 is 0 Å². The molecule has 1 saturated carbocycles. The molecule has 70 valence electrons. The molecule has 1 aliphatic rings. The van der Waals surface area contributed by atoms with E-state index in [-0.39, 0.29) is 6.23 Å². The van der Waals surface area contributed by atoms with E-state index in [4.69, 9.17) is 4.74 Å². The first-order chi connectivity index (χ1) is 6.31. The van der Waals surface area contributed by atoms with Gasteiger partial charge in [0.2, 0.25) is 0 Å². The van der Waals surface area contributed by atoms with Gasteiger partial charge < -0.3 is 9.30 Å². The third-order valence-electron chi connectivity index (χ3n) is 2.46. The Morgan fingerprint density at radius 1 is 1.69 bits per heavy atom. The fraction of sp³-hybridized carbons (Fsp3) is 0.500. The zero-order valence-corrected chi connectivity index (χ0v) is 7.64. The van der Waals surface area contributed by atoms with Gasteiger partial charge in [-0.05, 0) is 37.3 Å². The summed E-state index contributed by atoms with van der Waals surface area (Å²) in [5.41, 5.74) is 1.36. The highest BCUT2D eigenvalue weighted by Gasteiger charge is 2.24. The lowest BCUT2D eigenvalue weighted by atomic mass is 10.2.